The lowest BCUT2D eigenvalue weighted by atomic mass is 10.2. The SMILES string of the molecule is CN(C)c1ncc(/C=C/C(C=O)=Nc2cc(O)ccc2N(C)Cc2ccccn2)s1. The van der Waals surface area contributed by atoms with Gasteiger partial charge in [-0.2, -0.15) is 0 Å². The second-order valence-electron chi connectivity index (χ2n) is 6.78. The number of anilines is 2. The highest BCUT2D eigenvalue weighted by Gasteiger charge is 2.10. The van der Waals surface area contributed by atoms with E-state index in [1.165, 1.54) is 11.3 Å². The minimum atomic E-state index is 0.0797. The van der Waals surface area contributed by atoms with Gasteiger partial charge in [-0.05, 0) is 36.4 Å². The van der Waals surface area contributed by atoms with Gasteiger partial charge in [-0.3, -0.25) is 9.78 Å². The van der Waals surface area contributed by atoms with Crippen molar-refractivity contribution < 1.29 is 9.90 Å². The van der Waals surface area contributed by atoms with Crippen LogP contribution in [-0.4, -0.2) is 48.2 Å². The molecule has 0 aliphatic rings. The lowest BCUT2D eigenvalue weighted by molar-refractivity contribution is -0.102. The van der Waals surface area contributed by atoms with E-state index >= 15 is 0 Å². The summed E-state index contributed by atoms with van der Waals surface area (Å²) in [5, 5.41) is 10.8. The first-order valence-electron chi connectivity index (χ1n) is 9.25. The Bertz CT molecular complexity index is 1060. The third-order valence-corrected chi connectivity index (χ3v) is 5.31. The molecule has 0 spiro atoms. The minimum absolute atomic E-state index is 0.0797. The first-order valence-corrected chi connectivity index (χ1v) is 10.1. The molecule has 3 rings (SSSR count). The molecule has 0 bridgehead atoms. The Labute approximate surface area is 179 Å². The van der Waals surface area contributed by atoms with E-state index in [1.54, 1.807) is 42.7 Å². The number of phenols is 1. The van der Waals surface area contributed by atoms with E-state index in [9.17, 15) is 9.90 Å². The van der Waals surface area contributed by atoms with Gasteiger partial charge in [0.25, 0.3) is 0 Å². The lowest BCUT2D eigenvalue weighted by Crippen LogP contribution is -2.17. The third-order valence-electron chi connectivity index (χ3n) is 4.18. The maximum absolute atomic E-state index is 11.6. The summed E-state index contributed by atoms with van der Waals surface area (Å²) in [7, 11) is 5.77. The van der Waals surface area contributed by atoms with Crippen molar-refractivity contribution in [2.24, 2.45) is 4.99 Å². The van der Waals surface area contributed by atoms with Crippen LogP contribution in [0.5, 0.6) is 5.75 Å². The Morgan fingerprint density at radius 3 is 2.70 bits per heavy atom. The van der Waals surface area contributed by atoms with E-state index in [2.05, 4.69) is 15.0 Å². The summed E-state index contributed by atoms with van der Waals surface area (Å²) in [5.74, 6) is 0.0797. The molecule has 30 heavy (non-hydrogen) atoms. The summed E-state index contributed by atoms with van der Waals surface area (Å²) in [4.78, 5) is 29.5. The summed E-state index contributed by atoms with van der Waals surface area (Å²) >= 11 is 1.51. The molecule has 8 heteroatoms. The first kappa shape index (κ1) is 21.2. The van der Waals surface area contributed by atoms with E-state index in [-0.39, 0.29) is 11.5 Å². The highest BCUT2D eigenvalue weighted by Crippen LogP contribution is 2.32. The average molecular weight is 422 g/mol. The van der Waals surface area contributed by atoms with Crippen molar-refractivity contribution in [1.82, 2.24) is 9.97 Å². The molecule has 7 nitrogen and oxygen atoms in total. The number of thiazole rings is 1. The number of aliphatic imine (C=N–C) groups is 1. The molecule has 0 saturated heterocycles. The van der Waals surface area contributed by atoms with Crippen LogP contribution in [0.2, 0.25) is 0 Å². The standard InChI is InChI=1S/C22H23N5O2S/c1-26(2)22-24-13-19(30-22)9-7-17(15-28)25-20-12-18(29)8-10-21(20)27(3)14-16-6-4-5-11-23-16/h4-13,15,29H,14H2,1-3H3/b9-7+,25-17?. The molecule has 0 unspecified atom stereocenters. The van der Waals surface area contributed by atoms with Crippen LogP contribution in [0.1, 0.15) is 10.6 Å². The summed E-state index contributed by atoms with van der Waals surface area (Å²) in [6, 6.07) is 10.7. The Balaban J connectivity index is 1.86. The zero-order valence-corrected chi connectivity index (χ0v) is 17.9. The molecule has 0 fully saturated rings. The molecule has 0 saturated carbocycles. The molecule has 0 aliphatic carbocycles. The Morgan fingerprint density at radius 2 is 2.03 bits per heavy atom. The van der Waals surface area contributed by atoms with Crippen LogP contribution in [0.3, 0.4) is 0 Å². The zero-order chi connectivity index (χ0) is 21.5. The maximum Gasteiger partial charge on any atom is 0.185 e. The van der Waals surface area contributed by atoms with E-state index < -0.39 is 0 Å². The summed E-state index contributed by atoms with van der Waals surface area (Å²) in [5.41, 5.74) is 2.42. The number of aromatic nitrogens is 2. The molecule has 0 radical (unpaired) electrons. The van der Waals surface area contributed by atoms with Crippen LogP contribution in [0.25, 0.3) is 6.08 Å². The van der Waals surface area contributed by atoms with Crippen molar-refractivity contribution in [3.05, 3.63) is 65.4 Å². The van der Waals surface area contributed by atoms with Gasteiger partial charge in [0, 0.05) is 44.5 Å². The normalized spacial score (nSPS) is 11.6. The van der Waals surface area contributed by atoms with Crippen LogP contribution < -0.4 is 9.80 Å². The number of aromatic hydroxyl groups is 1. The number of benzene rings is 1. The van der Waals surface area contributed by atoms with Gasteiger partial charge >= 0.3 is 0 Å². The van der Waals surface area contributed by atoms with Gasteiger partial charge in [0.2, 0.25) is 0 Å². The zero-order valence-electron chi connectivity index (χ0n) is 17.1. The molecule has 1 N–H and O–H groups in total. The molecular weight excluding hydrogens is 398 g/mol. The second kappa shape index (κ2) is 9.80. The van der Waals surface area contributed by atoms with Gasteiger partial charge in [-0.15, -0.1) is 0 Å². The van der Waals surface area contributed by atoms with Gasteiger partial charge in [0.15, 0.2) is 11.4 Å². The molecule has 2 heterocycles. The summed E-state index contributed by atoms with van der Waals surface area (Å²) in [6.07, 6.45) is 7.64. The van der Waals surface area contributed by atoms with Crippen molar-refractivity contribution in [3.8, 4) is 5.75 Å². The van der Waals surface area contributed by atoms with Crippen molar-refractivity contribution in [2.75, 3.05) is 30.9 Å². The van der Waals surface area contributed by atoms with E-state index in [1.807, 2.05) is 49.1 Å². The fourth-order valence-corrected chi connectivity index (χ4v) is 3.45. The van der Waals surface area contributed by atoms with Crippen molar-refractivity contribution in [3.63, 3.8) is 0 Å². The molecule has 2 aromatic heterocycles. The van der Waals surface area contributed by atoms with Gasteiger partial charge in [0.05, 0.1) is 23.6 Å². The molecule has 1 aromatic carbocycles. The van der Waals surface area contributed by atoms with E-state index in [0.29, 0.717) is 18.5 Å². The number of phenolic OH excluding ortho intramolecular Hbond substituents is 1. The summed E-state index contributed by atoms with van der Waals surface area (Å²) < 4.78 is 0. The number of carbonyl (C=O) groups is 1. The fraction of sp³-hybridized carbons (Fsp3) is 0.182. The van der Waals surface area contributed by atoms with Gasteiger partial charge in [-0.1, -0.05) is 17.4 Å². The molecular formula is C22H23N5O2S. The predicted molar refractivity (Wildman–Crippen MR) is 123 cm³/mol. The van der Waals surface area contributed by atoms with Gasteiger partial charge in [-0.25, -0.2) is 9.98 Å². The summed E-state index contributed by atoms with van der Waals surface area (Å²) in [6.45, 7) is 0.564. The first-order chi connectivity index (χ1) is 14.5. The van der Waals surface area contributed by atoms with Crippen LogP contribution >= 0.6 is 11.3 Å². The Morgan fingerprint density at radius 1 is 1.20 bits per heavy atom. The van der Waals surface area contributed by atoms with Gasteiger partial charge in [0.1, 0.15) is 11.5 Å². The number of rotatable bonds is 8. The number of carbonyl (C=O) groups excluding carboxylic acids is 1. The predicted octanol–water partition coefficient (Wildman–Crippen LogP) is 3.93. The van der Waals surface area contributed by atoms with Crippen LogP contribution in [-0.2, 0) is 11.3 Å². The molecule has 0 amide bonds. The van der Waals surface area contributed by atoms with E-state index in [0.717, 1.165) is 21.4 Å². The number of hydrogen-bond donors (Lipinski definition) is 1. The molecule has 154 valence electrons. The Kier molecular flexibility index (Phi) is 6.92. The lowest BCUT2D eigenvalue weighted by Gasteiger charge is -2.21. The third kappa shape index (κ3) is 5.51. The van der Waals surface area contributed by atoms with Crippen LogP contribution in [0, 0.1) is 0 Å². The minimum Gasteiger partial charge on any atom is -0.508 e. The van der Waals surface area contributed by atoms with E-state index in [4.69, 9.17) is 0 Å². The largest absolute Gasteiger partial charge is 0.508 e. The quantitative estimate of drug-likeness (QED) is 0.438. The smallest absolute Gasteiger partial charge is 0.185 e. The average Bonchev–Trinajstić information content (AvgIpc) is 3.21. The highest BCUT2D eigenvalue weighted by atomic mass is 32.1. The highest BCUT2D eigenvalue weighted by molar-refractivity contribution is 7.16. The monoisotopic (exact) mass is 421 g/mol. The molecule has 0 aliphatic heterocycles. The van der Waals surface area contributed by atoms with Crippen molar-refractivity contribution in [2.45, 2.75) is 6.54 Å². The van der Waals surface area contributed by atoms with Crippen LogP contribution in [0.15, 0.2) is 59.9 Å². The molecule has 3 aromatic rings. The number of pyridine rings is 1. The molecule has 0 atom stereocenters. The van der Waals surface area contributed by atoms with Crippen molar-refractivity contribution >= 4 is 45.9 Å². The number of hydrogen-bond acceptors (Lipinski definition) is 8. The number of allylic oxidation sites excluding steroid dienone is 1. The Hall–Kier alpha value is -3.52. The van der Waals surface area contributed by atoms with Crippen molar-refractivity contribution in [1.29, 1.82) is 0 Å². The maximum atomic E-state index is 11.6. The van der Waals surface area contributed by atoms with Crippen LogP contribution in [0.4, 0.5) is 16.5 Å². The number of nitrogens with zero attached hydrogens (tertiary/aromatic N) is 5. The number of aldehydes is 1. The van der Waals surface area contributed by atoms with Gasteiger partial charge < -0.3 is 14.9 Å². The fourth-order valence-electron chi connectivity index (χ4n) is 2.71. The topological polar surface area (TPSA) is 81.9 Å². The second-order valence-corrected chi connectivity index (χ2v) is 7.82.